The molecule has 1 aromatic rings. The standard InChI is InChI=1S/C11H11Cl2N/c12-8-4-3-5-9(13)10(8)11(14)6-1-2-7-11/h1-5H,6-7,14H2. The van der Waals surface area contributed by atoms with Crippen LogP contribution in [0.25, 0.3) is 0 Å². The lowest BCUT2D eigenvalue weighted by Gasteiger charge is -2.26. The second-order valence-electron chi connectivity index (χ2n) is 3.63. The molecule has 14 heavy (non-hydrogen) atoms. The topological polar surface area (TPSA) is 26.0 Å². The molecule has 0 unspecified atom stereocenters. The van der Waals surface area contributed by atoms with Crippen LogP contribution in [0, 0.1) is 0 Å². The third-order valence-electron chi connectivity index (χ3n) is 2.59. The molecule has 0 saturated carbocycles. The third kappa shape index (κ3) is 1.56. The van der Waals surface area contributed by atoms with Crippen LogP contribution in [-0.2, 0) is 5.54 Å². The summed E-state index contributed by atoms with van der Waals surface area (Å²) < 4.78 is 0. The highest BCUT2D eigenvalue weighted by atomic mass is 35.5. The summed E-state index contributed by atoms with van der Waals surface area (Å²) in [4.78, 5) is 0. The predicted molar refractivity (Wildman–Crippen MR) is 60.7 cm³/mol. The molecular formula is C11H11Cl2N. The molecule has 2 rings (SSSR count). The highest BCUT2D eigenvalue weighted by Gasteiger charge is 2.31. The molecular weight excluding hydrogens is 217 g/mol. The van der Waals surface area contributed by atoms with Gasteiger partial charge in [0, 0.05) is 15.6 Å². The van der Waals surface area contributed by atoms with Crippen LogP contribution in [0.3, 0.4) is 0 Å². The van der Waals surface area contributed by atoms with Crippen molar-refractivity contribution in [2.24, 2.45) is 5.73 Å². The quantitative estimate of drug-likeness (QED) is 0.731. The van der Waals surface area contributed by atoms with Gasteiger partial charge in [0.2, 0.25) is 0 Å². The van der Waals surface area contributed by atoms with Crippen molar-refractivity contribution in [3.63, 3.8) is 0 Å². The fourth-order valence-electron chi connectivity index (χ4n) is 1.85. The SMILES string of the molecule is NC1(c2c(Cl)cccc2Cl)CC=CC1. The minimum Gasteiger partial charge on any atom is -0.321 e. The molecule has 0 amide bonds. The molecule has 0 atom stereocenters. The summed E-state index contributed by atoms with van der Waals surface area (Å²) >= 11 is 12.2. The summed E-state index contributed by atoms with van der Waals surface area (Å²) in [5.74, 6) is 0. The average molecular weight is 228 g/mol. The minimum absolute atomic E-state index is 0.407. The van der Waals surface area contributed by atoms with Crippen molar-refractivity contribution in [2.75, 3.05) is 0 Å². The Labute approximate surface area is 93.5 Å². The molecule has 0 spiro atoms. The van der Waals surface area contributed by atoms with Crippen molar-refractivity contribution < 1.29 is 0 Å². The van der Waals surface area contributed by atoms with E-state index in [1.807, 2.05) is 18.2 Å². The van der Waals surface area contributed by atoms with Gasteiger partial charge in [-0.05, 0) is 25.0 Å². The highest BCUT2D eigenvalue weighted by molar-refractivity contribution is 6.36. The normalized spacial score (nSPS) is 18.8. The summed E-state index contributed by atoms with van der Waals surface area (Å²) in [6, 6.07) is 5.49. The van der Waals surface area contributed by atoms with Gasteiger partial charge in [-0.2, -0.15) is 0 Å². The first kappa shape index (κ1) is 10.0. The van der Waals surface area contributed by atoms with Crippen LogP contribution in [0.4, 0.5) is 0 Å². The maximum Gasteiger partial charge on any atom is 0.0509 e. The van der Waals surface area contributed by atoms with Crippen molar-refractivity contribution in [1.82, 2.24) is 0 Å². The molecule has 1 aromatic carbocycles. The lowest BCUT2D eigenvalue weighted by atomic mass is 9.88. The van der Waals surface area contributed by atoms with Crippen LogP contribution in [-0.4, -0.2) is 0 Å². The van der Waals surface area contributed by atoms with Gasteiger partial charge in [0.25, 0.3) is 0 Å². The monoisotopic (exact) mass is 227 g/mol. The number of nitrogens with two attached hydrogens (primary N) is 1. The third-order valence-corrected chi connectivity index (χ3v) is 3.22. The van der Waals surface area contributed by atoms with Gasteiger partial charge in [0.05, 0.1) is 5.54 Å². The smallest absolute Gasteiger partial charge is 0.0509 e. The zero-order valence-electron chi connectivity index (χ0n) is 7.63. The van der Waals surface area contributed by atoms with E-state index in [1.165, 1.54) is 0 Å². The fraction of sp³-hybridized carbons (Fsp3) is 0.273. The van der Waals surface area contributed by atoms with Crippen LogP contribution in [0.5, 0.6) is 0 Å². The van der Waals surface area contributed by atoms with Gasteiger partial charge >= 0.3 is 0 Å². The first-order valence-corrected chi connectivity index (χ1v) is 5.27. The Morgan fingerprint density at radius 1 is 1.07 bits per heavy atom. The Kier molecular flexibility index (Phi) is 2.56. The molecule has 74 valence electrons. The maximum atomic E-state index is 6.25. The van der Waals surface area contributed by atoms with Crippen molar-refractivity contribution >= 4 is 23.2 Å². The molecule has 3 heteroatoms. The van der Waals surface area contributed by atoms with E-state index in [1.54, 1.807) is 0 Å². The van der Waals surface area contributed by atoms with E-state index < -0.39 is 5.54 Å². The van der Waals surface area contributed by atoms with E-state index in [-0.39, 0.29) is 0 Å². The van der Waals surface area contributed by atoms with Gasteiger partial charge < -0.3 is 5.73 Å². The zero-order valence-corrected chi connectivity index (χ0v) is 9.15. The van der Waals surface area contributed by atoms with E-state index in [9.17, 15) is 0 Å². The Balaban J connectivity index is 2.50. The fourth-order valence-corrected chi connectivity index (χ4v) is 2.62. The first-order chi connectivity index (χ1) is 6.63. The molecule has 0 bridgehead atoms. The van der Waals surface area contributed by atoms with Crippen LogP contribution in [0.15, 0.2) is 30.4 Å². The van der Waals surface area contributed by atoms with E-state index >= 15 is 0 Å². The van der Waals surface area contributed by atoms with Gasteiger partial charge in [-0.1, -0.05) is 41.4 Å². The summed E-state index contributed by atoms with van der Waals surface area (Å²) in [5.41, 5.74) is 6.71. The van der Waals surface area contributed by atoms with Crippen LogP contribution >= 0.6 is 23.2 Å². The van der Waals surface area contributed by atoms with Gasteiger partial charge in [-0.15, -0.1) is 0 Å². The molecule has 0 radical (unpaired) electrons. The van der Waals surface area contributed by atoms with Gasteiger partial charge in [0.1, 0.15) is 0 Å². The van der Waals surface area contributed by atoms with Crippen LogP contribution < -0.4 is 5.73 Å². The number of hydrogen-bond donors (Lipinski definition) is 1. The number of hydrogen-bond acceptors (Lipinski definition) is 1. The van der Waals surface area contributed by atoms with Crippen molar-refractivity contribution in [2.45, 2.75) is 18.4 Å². The van der Waals surface area contributed by atoms with Gasteiger partial charge in [0.15, 0.2) is 0 Å². The highest BCUT2D eigenvalue weighted by Crippen LogP contribution is 2.39. The lowest BCUT2D eigenvalue weighted by Crippen LogP contribution is -2.34. The number of benzene rings is 1. The summed E-state index contributed by atoms with van der Waals surface area (Å²) in [7, 11) is 0. The van der Waals surface area contributed by atoms with Crippen LogP contribution in [0.1, 0.15) is 18.4 Å². The van der Waals surface area contributed by atoms with Gasteiger partial charge in [-0.25, -0.2) is 0 Å². The van der Waals surface area contributed by atoms with Gasteiger partial charge in [-0.3, -0.25) is 0 Å². The molecule has 0 fully saturated rings. The van der Waals surface area contributed by atoms with Crippen LogP contribution in [0.2, 0.25) is 10.0 Å². The average Bonchev–Trinajstić information content (AvgIpc) is 2.52. The Hall–Kier alpha value is -0.500. The molecule has 0 saturated heterocycles. The van der Waals surface area contributed by atoms with Crippen molar-refractivity contribution in [3.8, 4) is 0 Å². The molecule has 1 aliphatic carbocycles. The Morgan fingerprint density at radius 2 is 1.57 bits per heavy atom. The number of rotatable bonds is 1. The number of halogens is 2. The second-order valence-corrected chi connectivity index (χ2v) is 4.45. The molecule has 0 heterocycles. The molecule has 1 nitrogen and oxygen atoms in total. The first-order valence-electron chi connectivity index (χ1n) is 4.52. The van der Waals surface area contributed by atoms with E-state index in [2.05, 4.69) is 12.2 Å². The minimum atomic E-state index is -0.407. The summed E-state index contributed by atoms with van der Waals surface area (Å²) in [6.07, 6.45) is 5.74. The zero-order chi connectivity index (χ0) is 10.2. The second kappa shape index (κ2) is 3.58. The van der Waals surface area contributed by atoms with Crippen molar-refractivity contribution in [3.05, 3.63) is 46.0 Å². The maximum absolute atomic E-state index is 6.25. The van der Waals surface area contributed by atoms with Crippen molar-refractivity contribution in [1.29, 1.82) is 0 Å². The van der Waals surface area contributed by atoms with E-state index in [0.717, 1.165) is 18.4 Å². The Morgan fingerprint density at radius 3 is 2.07 bits per heavy atom. The van der Waals surface area contributed by atoms with E-state index in [0.29, 0.717) is 10.0 Å². The lowest BCUT2D eigenvalue weighted by molar-refractivity contribution is 0.481. The summed E-state index contributed by atoms with van der Waals surface area (Å²) in [5, 5.41) is 1.31. The predicted octanol–water partition coefficient (Wildman–Crippen LogP) is 3.50. The Bertz CT molecular complexity index is 357. The molecule has 0 aromatic heterocycles. The summed E-state index contributed by atoms with van der Waals surface area (Å²) in [6.45, 7) is 0. The molecule has 2 N–H and O–H groups in total. The molecule has 1 aliphatic rings. The van der Waals surface area contributed by atoms with E-state index in [4.69, 9.17) is 28.9 Å². The largest absolute Gasteiger partial charge is 0.321 e. The molecule has 0 aliphatic heterocycles.